The first kappa shape index (κ1) is 35.2. The molecule has 1 aromatic heterocycles. The Morgan fingerprint density at radius 1 is 0.283 bits per heavy atom. The summed E-state index contributed by atoms with van der Waals surface area (Å²) in [6, 6.07) is 87.8. The smallest absolute Gasteiger partial charge is 0.0547 e. The van der Waals surface area contributed by atoms with Gasteiger partial charge in [0.25, 0.3) is 0 Å². The van der Waals surface area contributed by atoms with Crippen molar-refractivity contribution in [2.75, 3.05) is 4.90 Å². The second-order valence-electron chi connectivity index (χ2n) is 15.4. The fourth-order valence-corrected chi connectivity index (χ4v) is 8.86. The van der Waals surface area contributed by atoms with E-state index < -0.39 is 0 Å². The Hall–Kier alpha value is -7.94. The summed E-state index contributed by atoms with van der Waals surface area (Å²) in [5, 5.41) is 4.99. The van der Waals surface area contributed by atoms with Gasteiger partial charge in [-0.05, 0) is 122 Å². The summed E-state index contributed by atoms with van der Waals surface area (Å²) >= 11 is 0. The highest BCUT2D eigenvalue weighted by Crippen LogP contribution is 2.42. The van der Waals surface area contributed by atoms with Gasteiger partial charge in [-0.15, -0.1) is 0 Å². The highest BCUT2D eigenvalue weighted by atomic mass is 15.1. The summed E-state index contributed by atoms with van der Waals surface area (Å²) in [6.07, 6.45) is 0. The lowest BCUT2D eigenvalue weighted by Crippen LogP contribution is -2.10. The topological polar surface area (TPSA) is 8.17 Å². The average Bonchev–Trinajstić information content (AvgIpc) is 3.67. The number of aromatic nitrogens is 1. The summed E-state index contributed by atoms with van der Waals surface area (Å²) in [4.78, 5) is 2.36. The van der Waals surface area contributed by atoms with Crippen molar-refractivity contribution in [2.45, 2.75) is 0 Å². The summed E-state index contributed by atoms with van der Waals surface area (Å²) in [5.74, 6) is 0. The molecule has 2 heteroatoms. The Morgan fingerprint density at radius 3 is 1.50 bits per heavy atom. The molecule has 0 saturated carbocycles. The van der Waals surface area contributed by atoms with Gasteiger partial charge in [0, 0.05) is 33.5 Å². The van der Waals surface area contributed by atoms with Crippen LogP contribution in [0.2, 0.25) is 0 Å². The average molecular weight is 765 g/mol. The lowest BCUT2D eigenvalue weighted by Gasteiger charge is -2.26. The molecule has 0 unspecified atom stereocenters. The Labute approximate surface area is 350 Å². The van der Waals surface area contributed by atoms with Gasteiger partial charge in [0.05, 0.1) is 11.0 Å². The first-order valence-corrected chi connectivity index (χ1v) is 20.6. The van der Waals surface area contributed by atoms with E-state index in [1.165, 1.54) is 71.5 Å². The molecule has 0 amide bonds. The SMILES string of the molecule is c1ccc(-c2ccc(N(c3ccc(-c4ccccc4)cc3)c3cccc(-c4cccc(-c5cccc6c5c5ccccc5n6-c5ccc6ccccc6c5)c4)c3)cc2)cc1. The largest absolute Gasteiger partial charge is 0.310 e. The van der Waals surface area contributed by atoms with Gasteiger partial charge in [0.2, 0.25) is 0 Å². The molecule has 2 nitrogen and oxygen atoms in total. The van der Waals surface area contributed by atoms with Crippen molar-refractivity contribution >= 4 is 49.6 Å². The summed E-state index contributed by atoms with van der Waals surface area (Å²) in [6.45, 7) is 0. The minimum atomic E-state index is 1.10. The Morgan fingerprint density at radius 2 is 0.800 bits per heavy atom. The Kier molecular flexibility index (Phi) is 8.87. The molecule has 11 rings (SSSR count). The molecule has 0 aliphatic heterocycles. The van der Waals surface area contributed by atoms with Crippen molar-refractivity contribution < 1.29 is 0 Å². The Balaban J connectivity index is 1.00. The molecule has 60 heavy (non-hydrogen) atoms. The molecular formula is C58H40N2. The van der Waals surface area contributed by atoms with E-state index in [1.54, 1.807) is 0 Å². The fraction of sp³-hybridized carbons (Fsp3) is 0. The third kappa shape index (κ3) is 6.41. The second kappa shape index (κ2) is 15.1. The molecule has 0 atom stereocenters. The van der Waals surface area contributed by atoms with Gasteiger partial charge in [-0.3, -0.25) is 0 Å². The lowest BCUT2D eigenvalue weighted by atomic mass is 9.95. The summed E-state index contributed by atoms with van der Waals surface area (Å²) < 4.78 is 2.42. The molecule has 0 bridgehead atoms. The van der Waals surface area contributed by atoms with Gasteiger partial charge in [0.15, 0.2) is 0 Å². The van der Waals surface area contributed by atoms with Gasteiger partial charge in [-0.25, -0.2) is 0 Å². The standard InChI is InChI=1S/C58H40N2/c1-3-14-41(15-4-1)44-28-33-50(34-29-44)59(51-35-30-45(31-36-51)42-16-5-2-6-17-42)52-23-12-21-48(40-52)46-20-11-22-49(38-46)54-25-13-27-57-58(54)55-24-9-10-26-56(55)60(57)53-37-32-43-18-7-8-19-47(43)39-53/h1-40H. The molecule has 0 aliphatic rings. The number of nitrogens with zero attached hydrogens (tertiary/aromatic N) is 2. The van der Waals surface area contributed by atoms with Crippen LogP contribution in [-0.4, -0.2) is 4.57 Å². The predicted octanol–water partition coefficient (Wildman–Crippen LogP) is 16.1. The predicted molar refractivity (Wildman–Crippen MR) is 255 cm³/mol. The monoisotopic (exact) mass is 764 g/mol. The maximum absolute atomic E-state index is 2.42. The van der Waals surface area contributed by atoms with Crippen molar-refractivity contribution in [3.05, 3.63) is 243 Å². The molecule has 0 spiro atoms. The van der Waals surface area contributed by atoms with Crippen LogP contribution in [0.5, 0.6) is 0 Å². The molecule has 10 aromatic carbocycles. The van der Waals surface area contributed by atoms with Crippen molar-refractivity contribution in [1.29, 1.82) is 0 Å². The number of rotatable bonds is 8. The van der Waals surface area contributed by atoms with E-state index in [4.69, 9.17) is 0 Å². The third-order valence-corrected chi connectivity index (χ3v) is 11.8. The third-order valence-electron chi connectivity index (χ3n) is 11.8. The molecule has 1 heterocycles. The minimum Gasteiger partial charge on any atom is -0.310 e. The second-order valence-corrected chi connectivity index (χ2v) is 15.4. The van der Waals surface area contributed by atoms with Crippen molar-refractivity contribution in [1.82, 2.24) is 4.57 Å². The number of para-hydroxylation sites is 1. The van der Waals surface area contributed by atoms with Crippen LogP contribution in [0.15, 0.2) is 243 Å². The van der Waals surface area contributed by atoms with E-state index in [0.717, 1.165) is 28.3 Å². The zero-order chi connectivity index (χ0) is 39.8. The number of hydrogen-bond acceptors (Lipinski definition) is 1. The highest BCUT2D eigenvalue weighted by Gasteiger charge is 2.18. The van der Waals surface area contributed by atoms with Crippen molar-refractivity contribution in [3.8, 4) is 50.2 Å². The van der Waals surface area contributed by atoms with Crippen LogP contribution in [0.1, 0.15) is 0 Å². The maximum atomic E-state index is 2.42. The van der Waals surface area contributed by atoms with Gasteiger partial charge in [-0.2, -0.15) is 0 Å². The number of benzene rings is 10. The Bertz CT molecular complexity index is 3210. The maximum Gasteiger partial charge on any atom is 0.0547 e. The number of fused-ring (bicyclic) bond motifs is 4. The van der Waals surface area contributed by atoms with Crippen LogP contribution in [0.3, 0.4) is 0 Å². The van der Waals surface area contributed by atoms with Gasteiger partial charge < -0.3 is 9.47 Å². The van der Waals surface area contributed by atoms with Gasteiger partial charge >= 0.3 is 0 Å². The van der Waals surface area contributed by atoms with Crippen LogP contribution in [-0.2, 0) is 0 Å². The molecule has 0 aliphatic carbocycles. The van der Waals surface area contributed by atoms with Crippen LogP contribution < -0.4 is 4.90 Å². The van der Waals surface area contributed by atoms with Crippen LogP contribution in [0.25, 0.3) is 82.8 Å². The van der Waals surface area contributed by atoms with E-state index >= 15 is 0 Å². The molecule has 0 fully saturated rings. The van der Waals surface area contributed by atoms with E-state index in [9.17, 15) is 0 Å². The molecule has 0 N–H and O–H groups in total. The van der Waals surface area contributed by atoms with Gasteiger partial charge in [-0.1, -0.05) is 176 Å². The molecule has 0 saturated heterocycles. The molecule has 282 valence electrons. The first-order chi connectivity index (χ1) is 29.7. The zero-order valence-electron chi connectivity index (χ0n) is 33.0. The van der Waals surface area contributed by atoms with E-state index in [0.29, 0.717) is 0 Å². The van der Waals surface area contributed by atoms with E-state index in [-0.39, 0.29) is 0 Å². The zero-order valence-corrected chi connectivity index (χ0v) is 33.0. The quantitative estimate of drug-likeness (QED) is 0.150. The van der Waals surface area contributed by atoms with Crippen LogP contribution in [0.4, 0.5) is 17.1 Å². The van der Waals surface area contributed by atoms with Gasteiger partial charge in [0.1, 0.15) is 0 Å². The highest BCUT2D eigenvalue weighted by molar-refractivity contribution is 6.16. The lowest BCUT2D eigenvalue weighted by molar-refractivity contribution is 1.19. The van der Waals surface area contributed by atoms with E-state index in [2.05, 4.69) is 252 Å². The van der Waals surface area contributed by atoms with E-state index in [1.807, 2.05) is 0 Å². The fourth-order valence-electron chi connectivity index (χ4n) is 8.86. The molecule has 11 aromatic rings. The number of anilines is 3. The summed E-state index contributed by atoms with van der Waals surface area (Å²) in [5.41, 5.74) is 16.4. The van der Waals surface area contributed by atoms with Crippen LogP contribution >= 0.6 is 0 Å². The molecular weight excluding hydrogens is 725 g/mol. The normalized spacial score (nSPS) is 11.3. The molecule has 0 radical (unpaired) electrons. The van der Waals surface area contributed by atoms with Crippen molar-refractivity contribution in [3.63, 3.8) is 0 Å². The number of hydrogen-bond donors (Lipinski definition) is 0. The minimum absolute atomic E-state index is 1.10. The summed E-state index contributed by atoms with van der Waals surface area (Å²) in [7, 11) is 0. The van der Waals surface area contributed by atoms with Crippen LogP contribution in [0, 0.1) is 0 Å². The first-order valence-electron chi connectivity index (χ1n) is 20.6. The van der Waals surface area contributed by atoms with Crippen molar-refractivity contribution in [2.24, 2.45) is 0 Å².